The molecule has 2 aromatic carbocycles. The molecule has 0 spiro atoms. The number of nitrogens with zero attached hydrogens (tertiary/aromatic N) is 2. The number of halogens is 1. The van der Waals surface area contributed by atoms with Crippen LogP contribution in [-0.4, -0.2) is 50.3 Å². The summed E-state index contributed by atoms with van der Waals surface area (Å²) >= 11 is 0. The average molecular weight is 385 g/mol. The van der Waals surface area contributed by atoms with Crippen molar-refractivity contribution in [1.29, 1.82) is 0 Å². The molecule has 0 aliphatic carbocycles. The monoisotopic (exact) mass is 385 g/mol. The molecule has 0 bridgehead atoms. The van der Waals surface area contributed by atoms with Crippen LogP contribution in [0.5, 0.6) is 5.75 Å². The van der Waals surface area contributed by atoms with Crippen molar-refractivity contribution in [2.45, 2.75) is 19.8 Å². The van der Waals surface area contributed by atoms with Gasteiger partial charge in [0.1, 0.15) is 18.2 Å². The molecule has 0 atom stereocenters. The summed E-state index contributed by atoms with van der Waals surface area (Å²) in [5.41, 5.74) is 1.76. The van der Waals surface area contributed by atoms with Gasteiger partial charge < -0.3 is 19.9 Å². The first-order valence-electron chi connectivity index (χ1n) is 9.80. The number of hydrogen-bond acceptors (Lipinski definition) is 3. The highest BCUT2D eigenvalue weighted by Gasteiger charge is 2.22. The summed E-state index contributed by atoms with van der Waals surface area (Å²) in [6.07, 6.45) is 0. The van der Waals surface area contributed by atoms with Crippen LogP contribution in [0.2, 0.25) is 0 Å². The fourth-order valence-electron chi connectivity index (χ4n) is 3.38. The zero-order valence-electron chi connectivity index (χ0n) is 16.5. The van der Waals surface area contributed by atoms with Crippen molar-refractivity contribution in [3.05, 3.63) is 59.9 Å². The molecular formula is C22H28FN3O2. The number of hydrogen-bond donors (Lipinski definition) is 1. The first-order valence-corrected chi connectivity index (χ1v) is 9.80. The van der Waals surface area contributed by atoms with E-state index in [1.54, 1.807) is 17.0 Å². The molecule has 0 saturated carbocycles. The molecule has 1 aliphatic rings. The van der Waals surface area contributed by atoms with E-state index in [2.05, 4.69) is 25.2 Å². The summed E-state index contributed by atoms with van der Waals surface area (Å²) in [4.78, 5) is 16.1. The molecule has 1 aliphatic heterocycles. The molecule has 5 nitrogen and oxygen atoms in total. The predicted molar refractivity (Wildman–Crippen MR) is 110 cm³/mol. The van der Waals surface area contributed by atoms with Gasteiger partial charge >= 0.3 is 6.03 Å². The highest BCUT2D eigenvalue weighted by Crippen LogP contribution is 2.25. The zero-order valence-corrected chi connectivity index (χ0v) is 16.5. The second-order valence-electron chi connectivity index (χ2n) is 7.20. The van der Waals surface area contributed by atoms with Gasteiger partial charge in [-0.1, -0.05) is 44.2 Å². The van der Waals surface area contributed by atoms with E-state index >= 15 is 0 Å². The van der Waals surface area contributed by atoms with Gasteiger partial charge in [0.25, 0.3) is 0 Å². The lowest BCUT2D eigenvalue weighted by atomic mass is 10.0. The number of para-hydroxylation sites is 2. The van der Waals surface area contributed by atoms with Gasteiger partial charge in [0.05, 0.1) is 12.2 Å². The van der Waals surface area contributed by atoms with Gasteiger partial charge in [-0.3, -0.25) is 0 Å². The summed E-state index contributed by atoms with van der Waals surface area (Å²) < 4.78 is 19.7. The van der Waals surface area contributed by atoms with E-state index in [4.69, 9.17) is 4.74 Å². The van der Waals surface area contributed by atoms with E-state index in [-0.39, 0.29) is 11.8 Å². The molecule has 6 heteroatoms. The van der Waals surface area contributed by atoms with Crippen LogP contribution in [0.25, 0.3) is 0 Å². The van der Waals surface area contributed by atoms with E-state index < -0.39 is 0 Å². The lowest BCUT2D eigenvalue weighted by Gasteiger charge is -2.36. The molecule has 1 heterocycles. The maximum Gasteiger partial charge on any atom is 0.317 e. The van der Waals surface area contributed by atoms with Crippen LogP contribution in [0, 0.1) is 5.82 Å². The quantitative estimate of drug-likeness (QED) is 0.768. The topological polar surface area (TPSA) is 44.8 Å². The molecule has 3 rings (SSSR count). The molecule has 0 aromatic heterocycles. The molecule has 1 N–H and O–H groups in total. The Morgan fingerprint density at radius 2 is 1.75 bits per heavy atom. The average Bonchev–Trinajstić information content (AvgIpc) is 2.72. The fourth-order valence-corrected chi connectivity index (χ4v) is 3.38. The van der Waals surface area contributed by atoms with Gasteiger partial charge in [-0.05, 0) is 29.7 Å². The maximum absolute atomic E-state index is 13.9. The predicted octanol–water partition coefficient (Wildman–Crippen LogP) is 3.86. The van der Waals surface area contributed by atoms with Crippen LogP contribution in [0.4, 0.5) is 14.9 Å². The Bertz CT molecular complexity index is 789. The number of anilines is 1. The van der Waals surface area contributed by atoms with Gasteiger partial charge in [-0.15, -0.1) is 0 Å². The van der Waals surface area contributed by atoms with Crippen molar-refractivity contribution >= 4 is 11.7 Å². The molecular weight excluding hydrogens is 357 g/mol. The Morgan fingerprint density at radius 1 is 1.07 bits per heavy atom. The number of benzene rings is 2. The molecule has 1 fully saturated rings. The number of piperazine rings is 1. The zero-order chi connectivity index (χ0) is 19.9. The van der Waals surface area contributed by atoms with Crippen LogP contribution in [-0.2, 0) is 0 Å². The van der Waals surface area contributed by atoms with Crippen LogP contribution in [0.15, 0.2) is 48.5 Å². The smallest absolute Gasteiger partial charge is 0.317 e. The van der Waals surface area contributed by atoms with Crippen molar-refractivity contribution < 1.29 is 13.9 Å². The first kappa shape index (κ1) is 20.0. The fraction of sp³-hybridized carbons (Fsp3) is 0.409. The summed E-state index contributed by atoms with van der Waals surface area (Å²) in [7, 11) is 0. The molecule has 0 radical (unpaired) electrons. The Labute approximate surface area is 166 Å². The highest BCUT2D eigenvalue weighted by atomic mass is 19.1. The van der Waals surface area contributed by atoms with Gasteiger partial charge in [0, 0.05) is 26.2 Å². The second kappa shape index (κ2) is 9.44. The van der Waals surface area contributed by atoms with Crippen LogP contribution < -0.4 is 15.0 Å². The standard InChI is InChI=1S/C22H28FN3O2/c1-17(2)18-7-3-6-10-21(18)28-16-11-24-22(27)26-14-12-25(13-15-26)20-9-5-4-8-19(20)23/h3-10,17H,11-16H2,1-2H3,(H,24,27). The Balaban J connectivity index is 1.41. The number of rotatable bonds is 6. The maximum atomic E-state index is 13.9. The molecule has 2 aromatic rings. The van der Waals surface area contributed by atoms with Crippen LogP contribution in [0.3, 0.4) is 0 Å². The third-order valence-corrected chi connectivity index (χ3v) is 4.94. The number of nitrogens with one attached hydrogen (secondary N) is 1. The summed E-state index contributed by atoms with van der Waals surface area (Å²) in [6, 6.07) is 14.6. The van der Waals surface area contributed by atoms with Crippen molar-refractivity contribution in [2.75, 3.05) is 44.2 Å². The number of carbonyl (C=O) groups is 1. The van der Waals surface area contributed by atoms with E-state index in [0.29, 0.717) is 50.9 Å². The third kappa shape index (κ3) is 4.94. The van der Waals surface area contributed by atoms with E-state index in [1.807, 2.05) is 29.2 Å². The number of ether oxygens (including phenoxy) is 1. The molecule has 2 amide bonds. The van der Waals surface area contributed by atoms with Gasteiger partial charge in [0.2, 0.25) is 0 Å². The van der Waals surface area contributed by atoms with Crippen LogP contribution >= 0.6 is 0 Å². The number of amides is 2. The van der Waals surface area contributed by atoms with E-state index in [9.17, 15) is 9.18 Å². The SMILES string of the molecule is CC(C)c1ccccc1OCCNC(=O)N1CCN(c2ccccc2F)CC1. The van der Waals surface area contributed by atoms with Crippen molar-refractivity contribution in [1.82, 2.24) is 10.2 Å². The summed E-state index contributed by atoms with van der Waals surface area (Å²) in [6.45, 7) is 7.49. The molecule has 1 saturated heterocycles. The largest absolute Gasteiger partial charge is 0.491 e. The summed E-state index contributed by atoms with van der Waals surface area (Å²) in [5.74, 6) is 1.03. The third-order valence-electron chi connectivity index (χ3n) is 4.94. The first-order chi connectivity index (χ1) is 13.6. The van der Waals surface area contributed by atoms with Crippen LogP contribution in [0.1, 0.15) is 25.3 Å². The van der Waals surface area contributed by atoms with Gasteiger partial charge in [0.15, 0.2) is 0 Å². The Kier molecular flexibility index (Phi) is 6.74. The normalized spacial score (nSPS) is 14.3. The second-order valence-corrected chi connectivity index (χ2v) is 7.20. The van der Waals surface area contributed by atoms with Gasteiger partial charge in [-0.2, -0.15) is 0 Å². The Morgan fingerprint density at radius 3 is 2.46 bits per heavy atom. The van der Waals surface area contributed by atoms with Crippen molar-refractivity contribution in [2.24, 2.45) is 0 Å². The minimum Gasteiger partial charge on any atom is -0.491 e. The van der Waals surface area contributed by atoms with Crippen molar-refractivity contribution in [3.8, 4) is 5.75 Å². The minimum atomic E-state index is -0.223. The summed E-state index contributed by atoms with van der Waals surface area (Å²) in [5, 5.41) is 2.91. The molecule has 0 unspecified atom stereocenters. The molecule has 150 valence electrons. The Hall–Kier alpha value is -2.76. The van der Waals surface area contributed by atoms with Crippen molar-refractivity contribution in [3.63, 3.8) is 0 Å². The lowest BCUT2D eigenvalue weighted by Crippen LogP contribution is -2.52. The number of urea groups is 1. The number of carbonyl (C=O) groups excluding carboxylic acids is 1. The van der Waals surface area contributed by atoms with Gasteiger partial charge in [-0.25, -0.2) is 9.18 Å². The van der Waals surface area contributed by atoms with E-state index in [1.165, 1.54) is 6.07 Å². The minimum absolute atomic E-state index is 0.103. The lowest BCUT2D eigenvalue weighted by molar-refractivity contribution is 0.191. The van der Waals surface area contributed by atoms with E-state index in [0.717, 1.165) is 11.3 Å². The molecule has 28 heavy (non-hydrogen) atoms. The highest BCUT2D eigenvalue weighted by molar-refractivity contribution is 5.74.